The summed E-state index contributed by atoms with van der Waals surface area (Å²) in [6.07, 6.45) is 1.17. The molecule has 46 heavy (non-hydrogen) atoms. The van der Waals surface area contributed by atoms with E-state index in [-0.39, 0.29) is 42.4 Å². The number of nitrogens with two attached hydrogens (primary N) is 2. The minimum atomic E-state index is -1.34. The lowest BCUT2D eigenvalue weighted by molar-refractivity contribution is -0.135. The normalized spacial score (nSPS) is 13.3. The Morgan fingerprint density at radius 2 is 1.63 bits per heavy atom. The Hall–Kier alpha value is -4.10. The van der Waals surface area contributed by atoms with Crippen molar-refractivity contribution in [1.82, 2.24) is 15.5 Å². The van der Waals surface area contributed by atoms with E-state index in [9.17, 15) is 28.8 Å². The van der Waals surface area contributed by atoms with E-state index in [0.29, 0.717) is 48.1 Å². The smallest absolute Gasteiger partial charge is 0.423 e. The summed E-state index contributed by atoms with van der Waals surface area (Å²) in [5.74, 6) is -3.42. The van der Waals surface area contributed by atoms with Gasteiger partial charge >= 0.3 is 11.7 Å². The molecule has 0 spiro atoms. The first-order valence-corrected chi connectivity index (χ1v) is 15.9. The summed E-state index contributed by atoms with van der Waals surface area (Å²) < 4.78 is 10.5. The summed E-state index contributed by atoms with van der Waals surface area (Å²) in [6, 6.07) is 2.32. The van der Waals surface area contributed by atoms with Gasteiger partial charge in [-0.25, -0.2) is 9.59 Å². The van der Waals surface area contributed by atoms with Crippen molar-refractivity contribution in [2.45, 2.75) is 98.2 Å². The Balaban J connectivity index is 2.51. The zero-order valence-corrected chi connectivity index (χ0v) is 27.7. The van der Waals surface area contributed by atoms with Crippen molar-refractivity contribution in [3.63, 3.8) is 0 Å². The summed E-state index contributed by atoms with van der Waals surface area (Å²) in [5, 5.41) is 5.92. The molecule has 1 heterocycles. The fraction of sp³-hybridized carbons (Fsp3) is 0.576. The zero-order valence-electron chi connectivity index (χ0n) is 27.7. The molecule has 13 heteroatoms. The molecule has 1 aromatic carbocycles. The number of aryl methyl sites for hydroxylation is 1. The first-order chi connectivity index (χ1) is 21.7. The third kappa shape index (κ3) is 10.8. The number of hydrogen-bond donors (Lipinski definition) is 4. The van der Waals surface area contributed by atoms with Crippen LogP contribution in [0.3, 0.4) is 0 Å². The molecule has 2 rings (SSSR count). The lowest BCUT2D eigenvalue weighted by Gasteiger charge is -2.28. The van der Waals surface area contributed by atoms with Gasteiger partial charge in [-0.2, -0.15) is 4.90 Å². The third-order valence-electron chi connectivity index (χ3n) is 7.45. The van der Waals surface area contributed by atoms with Crippen molar-refractivity contribution in [3.8, 4) is 0 Å². The molecule has 3 atom stereocenters. The highest BCUT2D eigenvalue weighted by atomic mass is 16.6. The number of carbonyl (C=O) groups excluding carboxylic acids is 5. The zero-order chi connectivity index (χ0) is 34.6. The van der Waals surface area contributed by atoms with Crippen LogP contribution in [-0.4, -0.2) is 65.9 Å². The number of benzene rings is 1. The molecule has 13 nitrogen and oxygen atoms in total. The van der Waals surface area contributed by atoms with Crippen LogP contribution in [0.1, 0.15) is 89.1 Å². The highest BCUT2D eigenvalue weighted by Gasteiger charge is 2.38. The number of fused-ring (bicyclic) bond motifs is 1. The van der Waals surface area contributed by atoms with Gasteiger partial charge < -0.3 is 31.3 Å². The molecule has 0 radical (unpaired) electrons. The summed E-state index contributed by atoms with van der Waals surface area (Å²) in [7, 11) is 0. The molecule has 0 saturated heterocycles. The van der Waals surface area contributed by atoms with Gasteiger partial charge in [-0.15, -0.1) is 0 Å². The summed E-state index contributed by atoms with van der Waals surface area (Å²) in [5.41, 5.74) is 11.7. The maximum atomic E-state index is 14.1. The second-order valence-electron chi connectivity index (χ2n) is 12.2. The summed E-state index contributed by atoms with van der Waals surface area (Å²) in [4.78, 5) is 80.0. The highest BCUT2D eigenvalue weighted by molar-refractivity contribution is 6.17. The van der Waals surface area contributed by atoms with Gasteiger partial charge in [-0.3, -0.25) is 19.2 Å². The van der Waals surface area contributed by atoms with Crippen LogP contribution in [0.5, 0.6) is 0 Å². The third-order valence-corrected chi connectivity index (χ3v) is 7.45. The molecule has 0 fully saturated rings. The molecule has 0 saturated carbocycles. The van der Waals surface area contributed by atoms with Crippen LogP contribution in [0.4, 0.5) is 4.79 Å². The maximum Gasteiger partial charge on any atom is 0.423 e. The molecule has 0 bridgehead atoms. The number of imide groups is 3. The predicted octanol–water partition coefficient (Wildman–Crippen LogP) is 3.13. The summed E-state index contributed by atoms with van der Waals surface area (Å²) >= 11 is 0. The van der Waals surface area contributed by atoms with Gasteiger partial charge in [-0.05, 0) is 75.1 Å². The number of nitrogens with zero attached hydrogens (tertiary/aromatic N) is 1. The number of hydrogen-bond acceptors (Lipinski definition) is 10. The Labute approximate surface area is 269 Å². The van der Waals surface area contributed by atoms with Crippen LogP contribution in [0.25, 0.3) is 11.0 Å². The first-order valence-electron chi connectivity index (χ1n) is 15.9. The van der Waals surface area contributed by atoms with Crippen molar-refractivity contribution in [2.24, 2.45) is 23.3 Å². The first kappa shape index (κ1) is 38.1. The molecule has 6 N–H and O–H groups in total. The number of unbranched alkanes of at least 4 members (excludes halogenated alkanes) is 2. The lowest BCUT2D eigenvalue weighted by Crippen LogP contribution is -2.58. The van der Waals surface area contributed by atoms with E-state index in [1.807, 2.05) is 20.8 Å². The Morgan fingerprint density at radius 3 is 2.24 bits per heavy atom. The second-order valence-corrected chi connectivity index (χ2v) is 12.2. The highest BCUT2D eigenvalue weighted by Crippen LogP contribution is 2.20. The molecule has 0 aliphatic rings. The van der Waals surface area contributed by atoms with E-state index >= 15 is 0 Å². The molecular formula is C33H49N5O8. The van der Waals surface area contributed by atoms with Gasteiger partial charge in [0.2, 0.25) is 11.8 Å². The van der Waals surface area contributed by atoms with E-state index in [1.165, 1.54) is 18.2 Å². The predicted molar refractivity (Wildman–Crippen MR) is 174 cm³/mol. The van der Waals surface area contributed by atoms with Crippen LogP contribution in [-0.2, 0) is 19.1 Å². The van der Waals surface area contributed by atoms with Crippen LogP contribution >= 0.6 is 0 Å². The van der Waals surface area contributed by atoms with Crippen molar-refractivity contribution in [2.75, 3.05) is 13.2 Å². The fourth-order valence-corrected chi connectivity index (χ4v) is 4.68. The van der Waals surface area contributed by atoms with E-state index in [0.717, 1.165) is 0 Å². The molecule has 0 unspecified atom stereocenters. The van der Waals surface area contributed by atoms with Crippen molar-refractivity contribution in [3.05, 3.63) is 45.8 Å². The van der Waals surface area contributed by atoms with Gasteiger partial charge in [0.05, 0.1) is 12.6 Å². The van der Waals surface area contributed by atoms with Crippen molar-refractivity contribution >= 4 is 40.7 Å². The molecule has 0 aliphatic carbocycles. The van der Waals surface area contributed by atoms with Gasteiger partial charge in [0.15, 0.2) is 0 Å². The molecule has 254 valence electrons. The monoisotopic (exact) mass is 643 g/mol. The van der Waals surface area contributed by atoms with Gasteiger partial charge in [0, 0.05) is 17.0 Å². The average molecular weight is 644 g/mol. The van der Waals surface area contributed by atoms with Crippen LogP contribution in [0, 0.1) is 18.8 Å². The SMILES string of the molecule is CCCCOC(=O)N(C(=O)c1ccc2c(C)cc(=O)oc2c1)C(=O)[C@H](CCCCN)NC(=O)[C@H](CC(C)C)NC(=O)[C@@H](N)C(C)C. The standard InChI is InChI=1S/C33H49N5O8/c1-7-8-15-45-33(44)38(31(42)22-12-13-23-21(6)17-27(39)46-26(23)18-22)32(43)24(11-9-10-14-34)36-29(40)25(16-19(2)3)37-30(41)28(35)20(4)5/h12-13,17-20,24-25,28H,7-11,14-16,34-35H2,1-6H3,(H,36,40)(H,37,41)/t24-,25-,28-/m0/s1. The van der Waals surface area contributed by atoms with E-state index in [2.05, 4.69) is 10.6 Å². The Bertz CT molecular complexity index is 1440. The second kappa shape index (κ2) is 18.1. The number of ether oxygens (including phenoxy) is 1. The number of carbonyl (C=O) groups is 5. The molecule has 2 aromatic rings. The molecule has 0 aliphatic heterocycles. The van der Waals surface area contributed by atoms with E-state index in [1.54, 1.807) is 26.8 Å². The van der Waals surface area contributed by atoms with Crippen LogP contribution < -0.4 is 27.7 Å². The fourth-order valence-electron chi connectivity index (χ4n) is 4.68. The van der Waals surface area contributed by atoms with Crippen molar-refractivity contribution < 1.29 is 33.1 Å². The van der Waals surface area contributed by atoms with Crippen molar-refractivity contribution in [1.29, 1.82) is 0 Å². The molecule has 5 amide bonds. The Morgan fingerprint density at radius 1 is 0.957 bits per heavy atom. The van der Waals surface area contributed by atoms with Crippen LogP contribution in [0.15, 0.2) is 33.5 Å². The van der Waals surface area contributed by atoms with E-state index < -0.39 is 53.5 Å². The number of amides is 5. The number of nitrogens with one attached hydrogen (secondary N) is 2. The molecular weight excluding hydrogens is 594 g/mol. The quantitative estimate of drug-likeness (QED) is 0.155. The van der Waals surface area contributed by atoms with Gasteiger partial charge in [-0.1, -0.05) is 47.1 Å². The minimum Gasteiger partial charge on any atom is -0.449 e. The average Bonchev–Trinajstić information content (AvgIpc) is 2.99. The topological polar surface area (TPSA) is 204 Å². The molecule has 1 aromatic heterocycles. The largest absolute Gasteiger partial charge is 0.449 e. The summed E-state index contributed by atoms with van der Waals surface area (Å²) in [6.45, 7) is 11.2. The maximum absolute atomic E-state index is 14.1. The van der Waals surface area contributed by atoms with Crippen LogP contribution in [0.2, 0.25) is 0 Å². The van der Waals surface area contributed by atoms with E-state index in [4.69, 9.17) is 20.6 Å². The number of rotatable bonds is 16. The minimum absolute atomic E-state index is 0.0130. The Kier molecular flexibility index (Phi) is 15.0. The van der Waals surface area contributed by atoms with Gasteiger partial charge in [0.25, 0.3) is 11.8 Å². The lowest BCUT2D eigenvalue weighted by atomic mass is 9.99. The van der Waals surface area contributed by atoms with Gasteiger partial charge in [0.1, 0.15) is 17.7 Å².